The van der Waals surface area contributed by atoms with Gasteiger partial charge in [0.2, 0.25) is 5.95 Å². The van der Waals surface area contributed by atoms with Gasteiger partial charge in [0.1, 0.15) is 41.7 Å². The van der Waals surface area contributed by atoms with Crippen LogP contribution in [0.15, 0.2) is 23.1 Å². The number of hydrogen-bond acceptors (Lipinski definition) is 10. The van der Waals surface area contributed by atoms with Crippen molar-refractivity contribution in [2.24, 2.45) is 7.05 Å². The van der Waals surface area contributed by atoms with Crippen LogP contribution in [0.3, 0.4) is 0 Å². The van der Waals surface area contributed by atoms with Crippen molar-refractivity contribution in [1.29, 1.82) is 5.26 Å². The first kappa shape index (κ1) is 27.4. The van der Waals surface area contributed by atoms with Gasteiger partial charge in [-0.2, -0.15) is 19.6 Å². The van der Waals surface area contributed by atoms with E-state index in [4.69, 9.17) is 4.74 Å². The van der Waals surface area contributed by atoms with Crippen LogP contribution in [0.5, 0.6) is 5.75 Å². The lowest BCUT2D eigenvalue weighted by Gasteiger charge is -2.47. The number of alkyl halides is 1. The maximum absolute atomic E-state index is 15.2. The van der Waals surface area contributed by atoms with Gasteiger partial charge in [0.25, 0.3) is 0 Å². The number of aryl methyl sites for hydroxylation is 1. The second-order valence-electron chi connectivity index (χ2n) is 11.0. The molecule has 0 spiro atoms. The lowest BCUT2D eigenvalue weighted by Crippen LogP contribution is -2.55. The topological polar surface area (TPSA) is 139 Å². The molecule has 0 aliphatic carbocycles. The van der Waals surface area contributed by atoms with E-state index in [2.05, 4.69) is 55.8 Å². The highest BCUT2D eigenvalue weighted by Crippen LogP contribution is 2.39. The maximum atomic E-state index is 15.2. The number of ether oxygens (including phenoxy) is 1. The molecule has 2 aromatic heterocycles. The zero-order valence-corrected chi connectivity index (χ0v) is 22.9. The summed E-state index contributed by atoms with van der Waals surface area (Å²) in [5.74, 6) is -0.435. The molecule has 212 valence electrons. The van der Waals surface area contributed by atoms with Crippen LogP contribution < -0.4 is 21.1 Å². The van der Waals surface area contributed by atoms with Crippen LogP contribution in [0.4, 0.5) is 26.2 Å². The SMILES string of the molecule is C[C@H](F)COc1cc(F)c(Nc2ncc(C#N)c(N[C@@H]3C[C@@H]4CCCN4C(C)(C)C3)n2)cc1-n1nnn(C)c1=O. The zero-order valence-electron chi connectivity index (χ0n) is 22.9. The number of piperidine rings is 1. The molecule has 2 N–H and O–H groups in total. The number of benzene rings is 1. The van der Waals surface area contributed by atoms with Crippen molar-refractivity contribution >= 4 is 17.5 Å². The predicted molar refractivity (Wildman–Crippen MR) is 143 cm³/mol. The molecule has 40 heavy (non-hydrogen) atoms. The van der Waals surface area contributed by atoms with Gasteiger partial charge in [-0.15, -0.1) is 0 Å². The van der Waals surface area contributed by atoms with E-state index in [0.29, 0.717) is 11.9 Å². The maximum Gasteiger partial charge on any atom is 0.368 e. The number of aromatic nitrogens is 6. The van der Waals surface area contributed by atoms with Gasteiger partial charge in [-0.3, -0.25) is 4.90 Å². The largest absolute Gasteiger partial charge is 0.488 e. The van der Waals surface area contributed by atoms with E-state index in [1.807, 2.05) is 0 Å². The molecule has 5 rings (SSSR count). The zero-order chi connectivity index (χ0) is 28.6. The third-order valence-corrected chi connectivity index (χ3v) is 7.42. The van der Waals surface area contributed by atoms with Gasteiger partial charge in [0.15, 0.2) is 5.82 Å². The molecule has 2 fully saturated rings. The Labute approximate surface area is 229 Å². The Kier molecular flexibility index (Phi) is 7.41. The second kappa shape index (κ2) is 10.8. The molecule has 0 bridgehead atoms. The van der Waals surface area contributed by atoms with Crippen LogP contribution in [0, 0.1) is 17.1 Å². The van der Waals surface area contributed by atoms with Gasteiger partial charge < -0.3 is 15.4 Å². The molecule has 1 aromatic carbocycles. The first-order valence-electron chi connectivity index (χ1n) is 13.2. The van der Waals surface area contributed by atoms with Gasteiger partial charge in [0, 0.05) is 30.7 Å². The number of nitriles is 1. The minimum atomic E-state index is -1.32. The number of rotatable bonds is 8. The second-order valence-corrected chi connectivity index (χ2v) is 11.0. The molecule has 12 nitrogen and oxygen atoms in total. The van der Waals surface area contributed by atoms with E-state index in [1.54, 1.807) is 0 Å². The molecule has 2 aliphatic heterocycles. The van der Waals surface area contributed by atoms with Crippen LogP contribution in [-0.2, 0) is 7.05 Å². The van der Waals surface area contributed by atoms with Gasteiger partial charge >= 0.3 is 5.69 Å². The van der Waals surface area contributed by atoms with Gasteiger partial charge in [-0.25, -0.2) is 18.6 Å². The van der Waals surface area contributed by atoms with Gasteiger partial charge in [-0.05, 0) is 69.5 Å². The molecule has 0 amide bonds. The van der Waals surface area contributed by atoms with E-state index >= 15 is 4.39 Å². The normalized spacial score (nSPS) is 20.9. The first-order valence-corrected chi connectivity index (χ1v) is 13.2. The monoisotopic (exact) mass is 554 g/mol. The third kappa shape index (κ3) is 5.46. The Morgan fingerprint density at radius 3 is 2.83 bits per heavy atom. The Hall–Kier alpha value is -4.12. The van der Waals surface area contributed by atoms with Crippen molar-refractivity contribution in [3.63, 3.8) is 0 Å². The minimum Gasteiger partial charge on any atom is -0.488 e. The molecule has 3 atom stereocenters. The Morgan fingerprint density at radius 2 is 2.12 bits per heavy atom. The summed E-state index contributed by atoms with van der Waals surface area (Å²) in [5, 5.41) is 23.4. The summed E-state index contributed by atoms with van der Waals surface area (Å²) >= 11 is 0. The fraction of sp³-hybridized carbons (Fsp3) is 0.538. The van der Waals surface area contributed by atoms with Crippen molar-refractivity contribution in [1.82, 2.24) is 34.7 Å². The number of anilines is 3. The average molecular weight is 555 g/mol. The Morgan fingerprint density at radius 1 is 1.32 bits per heavy atom. The molecular formula is C26H32F2N10O2. The van der Waals surface area contributed by atoms with Crippen LogP contribution in [-0.4, -0.2) is 71.6 Å². The summed E-state index contributed by atoms with van der Waals surface area (Å²) in [6, 6.07) is 5.02. The summed E-state index contributed by atoms with van der Waals surface area (Å²) in [6.07, 6.45) is 4.19. The number of nitrogens with zero attached hydrogens (tertiary/aromatic N) is 8. The number of nitrogens with one attached hydrogen (secondary N) is 2. The number of fused-ring (bicyclic) bond motifs is 1. The Bertz CT molecular complexity index is 1500. The summed E-state index contributed by atoms with van der Waals surface area (Å²) in [7, 11) is 1.41. The summed E-state index contributed by atoms with van der Waals surface area (Å²) in [6.45, 7) is 6.52. The molecule has 2 saturated heterocycles. The van der Waals surface area contributed by atoms with Crippen molar-refractivity contribution in [2.75, 3.05) is 23.8 Å². The highest BCUT2D eigenvalue weighted by atomic mass is 19.1. The molecule has 0 saturated carbocycles. The van der Waals surface area contributed by atoms with Crippen LogP contribution >= 0.6 is 0 Å². The van der Waals surface area contributed by atoms with Crippen LogP contribution in [0.2, 0.25) is 0 Å². The molecule has 4 heterocycles. The van der Waals surface area contributed by atoms with Crippen molar-refractivity contribution < 1.29 is 13.5 Å². The summed E-state index contributed by atoms with van der Waals surface area (Å²) < 4.78 is 36.0. The van der Waals surface area contributed by atoms with Crippen LogP contribution in [0.25, 0.3) is 5.69 Å². The lowest BCUT2D eigenvalue weighted by molar-refractivity contribution is 0.0501. The Balaban J connectivity index is 1.44. The molecule has 3 aromatic rings. The molecule has 0 unspecified atom stereocenters. The van der Waals surface area contributed by atoms with Gasteiger partial charge in [0.05, 0.1) is 11.9 Å². The third-order valence-electron chi connectivity index (χ3n) is 7.42. The fourth-order valence-corrected chi connectivity index (χ4v) is 5.66. The molecular weight excluding hydrogens is 522 g/mol. The molecule has 14 heteroatoms. The van der Waals surface area contributed by atoms with E-state index in [0.717, 1.165) is 41.2 Å². The first-order chi connectivity index (χ1) is 19.1. The average Bonchev–Trinajstić information content (AvgIpc) is 3.51. The van der Waals surface area contributed by atoms with E-state index < -0.39 is 17.7 Å². The fourth-order valence-electron chi connectivity index (χ4n) is 5.66. The smallest absolute Gasteiger partial charge is 0.368 e. The van der Waals surface area contributed by atoms with Crippen molar-refractivity contribution in [3.05, 3.63) is 40.2 Å². The standard InChI is InChI=1S/C26H32F2N10O2/c1-15(27)14-40-22-9-19(28)20(10-21(22)38-25(39)36(4)34-35-38)32-24-30-13-16(12-29)23(33-24)31-17-8-18-6-5-7-37(18)26(2,3)11-17/h9-10,13,15,17-18H,5-8,11,14H2,1-4H3,(H2,30,31,32,33)/t15-,17+,18-/m0/s1. The number of halogens is 2. The highest BCUT2D eigenvalue weighted by Gasteiger charge is 2.43. The summed E-state index contributed by atoms with van der Waals surface area (Å²) in [5.41, 5.74) is -0.342. The molecule has 0 radical (unpaired) electrons. The quantitative estimate of drug-likeness (QED) is 0.427. The predicted octanol–water partition coefficient (Wildman–Crippen LogP) is 3.06. The number of tetrazole rings is 1. The minimum absolute atomic E-state index is 0.0136. The lowest BCUT2D eigenvalue weighted by atomic mass is 9.84. The van der Waals surface area contributed by atoms with E-state index in [1.165, 1.54) is 32.7 Å². The van der Waals surface area contributed by atoms with Gasteiger partial charge in [-0.1, -0.05) is 0 Å². The highest BCUT2D eigenvalue weighted by molar-refractivity contribution is 5.64. The number of hydrogen-bond donors (Lipinski definition) is 2. The van der Waals surface area contributed by atoms with E-state index in [-0.39, 0.29) is 46.8 Å². The van der Waals surface area contributed by atoms with Crippen molar-refractivity contribution in [2.45, 2.75) is 70.2 Å². The van der Waals surface area contributed by atoms with Crippen LogP contribution in [0.1, 0.15) is 52.0 Å². The van der Waals surface area contributed by atoms with Crippen molar-refractivity contribution in [3.8, 4) is 17.5 Å². The molecule has 2 aliphatic rings. The summed E-state index contributed by atoms with van der Waals surface area (Å²) in [4.78, 5) is 23.8. The van der Waals surface area contributed by atoms with E-state index in [9.17, 15) is 14.4 Å².